The van der Waals surface area contributed by atoms with Crippen LogP contribution >= 0.6 is 23.5 Å². The van der Waals surface area contributed by atoms with E-state index in [1.54, 1.807) is 14.1 Å². The van der Waals surface area contributed by atoms with Crippen LogP contribution in [0, 0.1) is 0 Å². The van der Waals surface area contributed by atoms with Crippen molar-refractivity contribution >= 4 is 39.1 Å². The summed E-state index contributed by atoms with van der Waals surface area (Å²) >= 11 is 5.67. The van der Waals surface area contributed by atoms with Gasteiger partial charge in [-0.25, -0.2) is 0 Å². The molecule has 34 heavy (non-hydrogen) atoms. The second-order valence-corrected chi connectivity index (χ2v) is 21.8. The van der Waals surface area contributed by atoms with E-state index in [1.807, 2.05) is 19.1 Å². The molecule has 0 aromatic rings. The lowest BCUT2D eigenvalue weighted by Gasteiger charge is -2.23. The molecular weight excluding hydrogens is 499 g/mol. The van der Waals surface area contributed by atoms with Gasteiger partial charge in [0.2, 0.25) is 0 Å². The van der Waals surface area contributed by atoms with E-state index < -0.39 is 15.6 Å². The topological polar surface area (TPSA) is 51.0 Å². The predicted octanol–water partition coefficient (Wildman–Crippen LogP) is 6.76. The lowest BCUT2D eigenvalue weighted by molar-refractivity contribution is 0.321. The zero-order valence-corrected chi connectivity index (χ0v) is 28.5. The minimum Gasteiger partial charge on any atom is -0.304 e. The summed E-state index contributed by atoms with van der Waals surface area (Å²) in [5, 5.41) is 6.87. The molecule has 0 bridgehead atoms. The molecule has 0 spiro atoms. The molecule has 0 aromatic carbocycles. The Morgan fingerprint density at radius 2 is 0.765 bits per heavy atom. The Hall–Kier alpha value is 0.774. The van der Waals surface area contributed by atoms with E-state index in [-0.39, 0.29) is 27.3 Å². The fraction of sp³-hybridized carbons (Fsp3) is 1.00. The number of nitrogens with one attached hydrogen (secondary N) is 1. The van der Waals surface area contributed by atoms with Crippen molar-refractivity contribution in [2.75, 3.05) is 67.5 Å². The Balaban J connectivity index is -0.0000000412. The Bertz CT molecular complexity index is 288. The Morgan fingerprint density at radius 1 is 0.618 bits per heavy atom. The molecule has 0 rings (SSSR count). The molecule has 0 amide bonds. The summed E-state index contributed by atoms with van der Waals surface area (Å²) in [7, 11) is 5.42. The predicted molar refractivity (Wildman–Crippen MR) is 175 cm³/mol. The Labute approximate surface area is 232 Å². The van der Waals surface area contributed by atoms with Gasteiger partial charge < -0.3 is 9.80 Å². The third kappa shape index (κ3) is 105. The van der Waals surface area contributed by atoms with E-state index in [0.717, 1.165) is 0 Å². The van der Waals surface area contributed by atoms with Crippen molar-refractivity contribution in [1.29, 1.82) is 0 Å². The Kier molecular flexibility index (Phi) is 58.5. The van der Waals surface area contributed by atoms with Gasteiger partial charge in [0.1, 0.15) is 15.6 Å². The zero-order valence-electron chi connectivity index (χ0n) is 24.9. The second kappa shape index (κ2) is 35.9. The number of hydrazine groups is 2. The summed E-state index contributed by atoms with van der Waals surface area (Å²) in [4.78, 5) is 4.75. The highest BCUT2D eigenvalue weighted by Gasteiger charge is 2.12. The molecule has 0 saturated heterocycles. The van der Waals surface area contributed by atoms with Crippen LogP contribution in [-0.2, 0) is 0 Å². The number of nitrogens with two attached hydrogens (primary N) is 1. The molecule has 0 saturated carbocycles. The lowest BCUT2D eigenvalue weighted by Crippen LogP contribution is -2.49. The highest BCUT2D eigenvalue weighted by Crippen LogP contribution is 2.03. The zero-order chi connectivity index (χ0) is 26.3. The van der Waals surface area contributed by atoms with Crippen molar-refractivity contribution in [3.05, 3.63) is 0 Å². The molecule has 10 heteroatoms. The second-order valence-electron chi connectivity index (χ2n) is 9.53. The maximum Gasteiger partial charge on any atom is 0.147 e. The van der Waals surface area contributed by atoms with E-state index in [4.69, 9.17) is 16.9 Å². The first kappa shape index (κ1) is 55.3. The van der Waals surface area contributed by atoms with Crippen LogP contribution in [0.5, 0.6) is 0 Å². The van der Waals surface area contributed by atoms with Crippen LogP contribution in [-0.4, -0.2) is 103 Å². The van der Waals surface area contributed by atoms with Crippen molar-refractivity contribution in [2.45, 2.75) is 95.7 Å². The first-order valence-corrected chi connectivity index (χ1v) is 19.9. The maximum absolute atomic E-state index is 5.67. The van der Waals surface area contributed by atoms with Crippen LogP contribution in [0.15, 0.2) is 0 Å². The van der Waals surface area contributed by atoms with Gasteiger partial charge in [0.25, 0.3) is 0 Å². The number of hydrogen-bond acceptors (Lipinski definition) is 6. The van der Waals surface area contributed by atoms with Gasteiger partial charge in [-0.2, -0.15) is 11.1 Å². The Morgan fingerprint density at radius 3 is 0.765 bits per heavy atom. The van der Waals surface area contributed by atoms with Gasteiger partial charge in [0, 0.05) is 28.2 Å². The van der Waals surface area contributed by atoms with Crippen LogP contribution in [0.3, 0.4) is 0 Å². The van der Waals surface area contributed by atoms with E-state index in [9.17, 15) is 0 Å². The summed E-state index contributed by atoms with van der Waals surface area (Å²) in [5.41, 5.74) is 0. The van der Waals surface area contributed by atoms with Gasteiger partial charge >= 0.3 is 0 Å². The summed E-state index contributed by atoms with van der Waals surface area (Å²) in [6.07, 6.45) is 0. The maximum atomic E-state index is 5.67. The van der Waals surface area contributed by atoms with Gasteiger partial charge in [-0.3, -0.25) is 21.0 Å². The van der Waals surface area contributed by atoms with Crippen LogP contribution < -0.4 is 10.9 Å². The SMILES string of the molecule is C.C.CCN(CC)CC.CCN(CC)CC.CN(C)N.CN(C)N[Si](C)(C)C.C[Si](C)(C)Cl.Cl. The van der Waals surface area contributed by atoms with Crippen molar-refractivity contribution in [3.63, 3.8) is 0 Å². The minimum absolute atomic E-state index is 0. The highest BCUT2D eigenvalue weighted by molar-refractivity contribution is 7.18. The summed E-state index contributed by atoms with van der Waals surface area (Å²) in [6.45, 7) is 33.3. The van der Waals surface area contributed by atoms with E-state index in [0.29, 0.717) is 0 Å². The average Bonchev–Trinajstić information content (AvgIpc) is 2.55. The molecule has 0 fully saturated rings. The molecule has 0 aliphatic heterocycles. The minimum atomic E-state index is -1.14. The van der Waals surface area contributed by atoms with Gasteiger partial charge in [-0.05, 0) is 39.3 Å². The fourth-order valence-electron chi connectivity index (χ4n) is 2.01. The first-order chi connectivity index (χ1) is 13.8. The van der Waals surface area contributed by atoms with Gasteiger partial charge in [0.05, 0.1) is 0 Å². The molecular formula is C24H72Cl2N6Si2. The van der Waals surface area contributed by atoms with Crippen LogP contribution in [0.2, 0.25) is 39.3 Å². The van der Waals surface area contributed by atoms with Crippen molar-refractivity contribution < 1.29 is 0 Å². The van der Waals surface area contributed by atoms with Crippen molar-refractivity contribution in [2.24, 2.45) is 5.84 Å². The van der Waals surface area contributed by atoms with Gasteiger partial charge in [0.15, 0.2) is 0 Å². The normalized spacial score (nSPS) is 10.1. The van der Waals surface area contributed by atoms with Crippen LogP contribution in [0.25, 0.3) is 0 Å². The van der Waals surface area contributed by atoms with Crippen molar-refractivity contribution in [1.82, 2.24) is 24.9 Å². The number of nitrogens with zero attached hydrogens (tertiary/aromatic N) is 4. The fourth-order valence-corrected chi connectivity index (χ4v) is 3.35. The summed E-state index contributed by atoms with van der Waals surface area (Å²) in [5.74, 6) is 4.94. The van der Waals surface area contributed by atoms with Gasteiger partial charge in [-0.1, -0.05) is 95.7 Å². The quantitative estimate of drug-likeness (QED) is 0.145. The number of halogens is 2. The number of hydrogen-bond donors (Lipinski definition) is 2. The third-order valence-electron chi connectivity index (χ3n) is 3.24. The monoisotopic (exact) mass is 570 g/mol. The molecule has 220 valence electrons. The lowest BCUT2D eigenvalue weighted by atomic mass is 10.5. The van der Waals surface area contributed by atoms with Gasteiger partial charge in [-0.15, -0.1) is 12.4 Å². The molecule has 3 N–H and O–H groups in total. The molecule has 0 radical (unpaired) electrons. The van der Waals surface area contributed by atoms with E-state index in [2.05, 4.69) is 95.7 Å². The summed E-state index contributed by atoms with van der Waals surface area (Å²) < 4.78 is 0. The molecule has 0 heterocycles. The first-order valence-electron chi connectivity index (χ1n) is 11.8. The number of rotatable bonds is 8. The third-order valence-corrected chi connectivity index (χ3v) is 4.36. The smallest absolute Gasteiger partial charge is 0.147 e. The highest BCUT2D eigenvalue weighted by atomic mass is 35.6. The molecule has 0 aliphatic carbocycles. The van der Waals surface area contributed by atoms with Crippen LogP contribution in [0.4, 0.5) is 0 Å². The summed E-state index contributed by atoms with van der Waals surface area (Å²) in [6, 6.07) is 0. The van der Waals surface area contributed by atoms with Crippen molar-refractivity contribution in [3.8, 4) is 0 Å². The standard InChI is InChI=1S/2C6H15N.C5H16N2Si.C3H9ClSi.C2H8N2.2CH4.ClH/c2*1-4-7(5-2)6-3;1-7(2)6-8(3,4)5;1-5(2,3)4;1-4(2)3;;;/h2*4-6H2,1-3H3;6H,1-5H3;1-3H3;3H2,1-2H3;2*1H4;1H. The average molecular weight is 572 g/mol. The van der Waals surface area contributed by atoms with E-state index >= 15 is 0 Å². The van der Waals surface area contributed by atoms with E-state index in [1.165, 1.54) is 44.3 Å². The molecule has 6 nitrogen and oxygen atoms in total. The largest absolute Gasteiger partial charge is 0.304 e. The molecule has 0 aliphatic rings. The molecule has 0 unspecified atom stereocenters. The van der Waals surface area contributed by atoms with Crippen LogP contribution in [0.1, 0.15) is 56.4 Å². The molecule has 0 aromatic heterocycles. The molecule has 0 atom stereocenters.